The second kappa shape index (κ2) is 8.45. The minimum absolute atomic E-state index is 0. The summed E-state index contributed by atoms with van der Waals surface area (Å²) >= 11 is 1.66. The molecule has 23 heavy (non-hydrogen) atoms. The van der Waals surface area contributed by atoms with Crippen molar-refractivity contribution < 1.29 is 9.53 Å². The molecule has 0 saturated carbocycles. The summed E-state index contributed by atoms with van der Waals surface area (Å²) in [5, 5.41) is 2.03. The van der Waals surface area contributed by atoms with Gasteiger partial charge < -0.3 is 15.4 Å². The van der Waals surface area contributed by atoms with Crippen LogP contribution in [0.5, 0.6) is 0 Å². The Morgan fingerprint density at radius 3 is 2.78 bits per heavy atom. The monoisotopic (exact) mass is 352 g/mol. The van der Waals surface area contributed by atoms with Gasteiger partial charge in [-0.25, -0.2) is 0 Å². The second-order valence-corrected chi connectivity index (χ2v) is 6.43. The number of carbonyl (C=O) groups excluding carboxylic acids is 1. The van der Waals surface area contributed by atoms with E-state index in [2.05, 4.69) is 0 Å². The normalized spacial score (nSPS) is 19.0. The van der Waals surface area contributed by atoms with Crippen LogP contribution in [0, 0.1) is 0 Å². The van der Waals surface area contributed by atoms with Gasteiger partial charge in [-0.2, -0.15) is 0 Å². The van der Waals surface area contributed by atoms with Gasteiger partial charge in [0.05, 0.1) is 19.2 Å². The van der Waals surface area contributed by atoms with Crippen molar-refractivity contribution in [2.24, 2.45) is 5.73 Å². The van der Waals surface area contributed by atoms with Crippen molar-refractivity contribution in [1.29, 1.82) is 0 Å². The maximum Gasteiger partial charge on any atom is 0.240 e. The summed E-state index contributed by atoms with van der Waals surface area (Å²) in [7, 11) is 0. The number of amides is 1. The maximum atomic E-state index is 12.6. The maximum absolute atomic E-state index is 12.6. The second-order valence-electron chi connectivity index (χ2n) is 5.46. The van der Waals surface area contributed by atoms with E-state index in [1.54, 1.807) is 11.3 Å². The number of ether oxygens (including phenoxy) is 1. The van der Waals surface area contributed by atoms with E-state index in [9.17, 15) is 4.79 Å². The van der Waals surface area contributed by atoms with Gasteiger partial charge in [-0.05, 0) is 23.4 Å². The van der Waals surface area contributed by atoms with Gasteiger partial charge >= 0.3 is 0 Å². The van der Waals surface area contributed by atoms with Crippen LogP contribution in [0.25, 0.3) is 0 Å². The molecule has 1 aliphatic rings. The predicted octanol–water partition coefficient (Wildman–Crippen LogP) is 2.64. The molecule has 0 aliphatic carbocycles. The highest BCUT2D eigenvalue weighted by Gasteiger charge is 2.28. The third kappa shape index (κ3) is 4.54. The third-order valence-corrected chi connectivity index (χ3v) is 4.82. The Morgan fingerprint density at radius 1 is 1.30 bits per heavy atom. The van der Waals surface area contributed by atoms with Crippen molar-refractivity contribution >= 4 is 29.7 Å². The SMILES string of the molecule is Cl.N[C@@H](Cc1ccccc1)C(=O)N1CCOC(c2cccs2)C1. The molecular weight excluding hydrogens is 332 g/mol. The lowest BCUT2D eigenvalue weighted by molar-refractivity contribution is -0.140. The summed E-state index contributed by atoms with van der Waals surface area (Å²) in [6, 6.07) is 13.5. The first-order chi connectivity index (χ1) is 10.7. The van der Waals surface area contributed by atoms with E-state index in [-0.39, 0.29) is 24.4 Å². The van der Waals surface area contributed by atoms with E-state index in [0.29, 0.717) is 26.1 Å². The first kappa shape index (κ1) is 17.9. The van der Waals surface area contributed by atoms with E-state index >= 15 is 0 Å². The van der Waals surface area contributed by atoms with Crippen LogP contribution >= 0.6 is 23.7 Å². The average molecular weight is 353 g/mol. The van der Waals surface area contributed by atoms with Crippen LogP contribution in [0.15, 0.2) is 47.8 Å². The number of carbonyl (C=O) groups is 1. The average Bonchev–Trinajstić information content (AvgIpc) is 3.10. The molecule has 1 fully saturated rings. The number of nitrogens with zero attached hydrogens (tertiary/aromatic N) is 1. The van der Waals surface area contributed by atoms with Crippen LogP contribution in [0.1, 0.15) is 16.5 Å². The molecule has 1 amide bonds. The van der Waals surface area contributed by atoms with E-state index in [4.69, 9.17) is 10.5 Å². The molecule has 2 atom stereocenters. The van der Waals surface area contributed by atoms with E-state index < -0.39 is 6.04 Å². The Kier molecular flexibility index (Phi) is 6.59. The molecule has 1 aliphatic heterocycles. The van der Waals surface area contributed by atoms with Gasteiger partial charge in [0.1, 0.15) is 6.10 Å². The molecule has 2 heterocycles. The Hall–Kier alpha value is -1.40. The molecule has 1 aromatic heterocycles. The fraction of sp³-hybridized carbons (Fsp3) is 0.353. The van der Waals surface area contributed by atoms with E-state index in [0.717, 1.165) is 10.4 Å². The number of hydrogen-bond donors (Lipinski definition) is 1. The molecule has 2 N–H and O–H groups in total. The molecule has 6 heteroatoms. The van der Waals surface area contributed by atoms with Crippen molar-refractivity contribution in [2.75, 3.05) is 19.7 Å². The van der Waals surface area contributed by atoms with Crippen molar-refractivity contribution in [1.82, 2.24) is 4.90 Å². The van der Waals surface area contributed by atoms with Gasteiger partial charge in [-0.15, -0.1) is 23.7 Å². The van der Waals surface area contributed by atoms with Crippen LogP contribution in [0.2, 0.25) is 0 Å². The van der Waals surface area contributed by atoms with Crippen molar-refractivity contribution in [3.63, 3.8) is 0 Å². The summed E-state index contributed by atoms with van der Waals surface area (Å²) in [6.45, 7) is 1.76. The van der Waals surface area contributed by atoms with Crippen LogP contribution in [0.4, 0.5) is 0 Å². The first-order valence-electron chi connectivity index (χ1n) is 7.47. The van der Waals surface area contributed by atoms with Gasteiger partial charge in [0, 0.05) is 11.4 Å². The number of benzene rings is 1. The van der Waals surface area contributed by atoms with Crippen molar-refractivity contribution in [3.05, 3.63) is 58.3 Å². The zero-order valence-corrected chi connectivity index (χ0v) is 14.4. The quantitative estimate of drug-likeness (QED) is 0.920. The fourth-order valence-electron chi connectivity index (χ4n) is 2.69. The number of morpholine rings is 1. The van der Waals surface area contributed by atoms with Crippen molar-refractivity contribution in [2.45, 2.75) is 18.6 Å². The summed E-state index contributed by atoms with van der Waals surface area (Å²) in [6.07, 6.45) is 0.544. The van der Waals surface area contributed by atoms with Gasteiger partial charge in [-0.1, -0.05) is 36.4 Å². The summed E-state index contributed by atoms with van der Waals surface area (Å²) in [5.74, 6) is 0.00806. The third-order valence-electron chi connectivity index (χ3n) is 3.85. The molecule has 124 valence electrons. The van der Waals surface area contributed by atoms with Gasteiger partial charge in [-0.3, -0.25) is 4.79 Å². The Morgan fingerprint density at radius 2 is 2.09 bits per heavy atom. The highest BCUT2D eigenvalue weighted by molar-refractivity contribution is 7.10. The van der Waals surface area contributed by atoms with Gasteiger partial charge in [0.2, 0.25) is 5.91 Å². The lowest BCUT2D eigenvalue weighted by Gasteiger charge is -2.34. The number of rotatable bonds is 4. The lowest BCUT2D eigenvalue weighted by atomic mass is 10.1. The van der Waals surface area contributed by atoms with Crippen LogP contribution in [0.3, 0.4) is 0 Å². The number of thiophene rings is 1. The topological polar surface area (TPSA) is 55.6 Å². The smallest absolute Gasteiger partial charge is 0.240 e. The van der Waals surface area contributed by atoms with Gasteiger partial charge in [0.15, 0.2) is 0 Å². The molecule has 0 spiro atoms. The zero-order chi connectivity index (χ0) is 15.4. The molecule has 0 bridgehead atoms. The Bertz CT molecular complexity index is 606. The highest BCUT2D eigenvalue weighted by Crippen LogP contribution is 2.26. The molecule has 1 unspecified atom stereocenters. The summed E-state index contributed by atoms with van der Waals surface area (Å²) in [4.78, 5) is 15.6. The first-order valence-corrected chi connectivity index (χ1v) is 8.35. The lowest BCUT2D eigenvalue weighted by Crippen LogP contribution is -2.50. The molecule has 0 radical (unpaired) electrons. The minimum atomic E-state index is -0.496. The largest absolute Gasteiger partial charge is 0.369 e. The van der Waals surface area contributed by atoms with E-state index in [1.165, 1.54) is 0 Å². The summed E-state index contributed by atoms with van der Waals surface area (Å²) < 4.78 is 5.78. The molecule has 2 aromatic rings. The zero-order valence-electron chi connectivity index (χ0n) is 12.8. The Labute approximate surface area is 146 Å². The molecule has 3 rings (SSSR count). The molecular formula is C17H21ClN2O2S. The summed E-state index contributed by atoms with van der Waals surface area (Å²) in [5.41, 5.74) is 7.20. The standard InChI is InChI=1S/C17H20N2O2S.ClH/c18-14(11-13-5-2-1-3-6-13)17(20)19-8-9-21-15(12-19)16-7-4-10-22-16;/h1-7,10,14-15H,8-9,11-12,18H2;1H/t14-,15?;/m0./s1. The minimum Gasteiger partial charge on any atom is -0.369 e. The molecule has 1 saturated heterocycles. The molecule has 1 aromatic carbocycles. The van der Waals surface area contributed by atoms with Crippen LogP contribution in [-0.2, 0) is 16.0 Å². The predicted molar refractivity (Wildman–Crippen MR) is 95.0 cm³/mol. The number of nitrogens with two attached hydrogens (primary N) is 1. The Balaban J connectivity index is 0.00000192. The van der Waals surface area contributed by atoms with Crippen LogP contribution in [-0.4, -0.2) is 36.5 Å². The molecule has 4 nitrogen and oxygen atoms in total. The van der Waals surface area contributed by atoms with E-state index in [1.807, 2.05) is 52.7 Å². The van der Waals surface area contributed by atoms with Crippen LogP contribution < -0.4 is 5.73 Å². The highest BCUT2D eigenvalue weighted by atomic mass is 35.5. The van der Waals surface area contributed by atoms with Gasteiger partial charge in [0.25, 0.3) is 0 Å². The number of halogens is 1. The van der Waals surface area contributed by atoms with Crippen molar-refractivity contribution in [3.8, 4) is 0 Å². The number of hydrogen-bond acceptors (Lipinski definition) is 4. The fourth-order valence-corrected chi connectivity index (χ4v) is 3.45.